The molecule has 0 aromatic heterocycles. The highest BCUT2D eigenvalue weighted by Crippen LogP contribution is 2.23. The maximum Gasteiger partial charge on any atom is 0.269 e. The first-order valence-electron chi connectivity index (χ1n) is 9.33. The molecular weight excluding hydrogens is 468 g/mol. The van der Waals surface area contributed by atoms with Crippen molar-refractivity contribution in [3.63, 3.8) is 0 Å². The second kappa shape index (κ2) is 10.3. The number of hydrogen-bond acceptors (Lipinski definition) is 7. The fourth-order valence-electron chi connectivity index (χ4n) is 2.68. The number of amides is 2. The number of nitrogens with one attached hydrogen (secondary N) is 2. The van der Waals surface area contributed by atoms with Crippen molar-refractivity contribution in [1.29, 1.82) is 0 Å². The van der Waals surface area contributed by atoms with Gasteiger partial charge >= 0.3 is 0 Å². The van der Waals surface area contributed by atoms with Gasteiger partial charge in [-0.25, -0.2) is 13.6 Å². The molecule has 0 saturated heterocycles. The summed E-state index contributed by atoms with van der Waals surface area (Å²) >= 11 is 1.24. The lowest BCUT2D eigenvalue weighted by molar-refractivity contribution is -0.384. The molecule has 3 rings (SSSR count). The number of carbonyl (C=O) groups excluding carboxylic acids is 2. The van der Waals surface area contributed by atoms with E-state index in [0.717, 1.165) is 4.90 Å². The third-order valence-electron chi connectivity index (χ3n) is 4.27. The number of hydrogen-bond donors (Lipinski definition) is 3. The van der Waals surface area contributed by atoms with Crippen LogP contribution in [0.3, 0.4) is 0 Å². The Bertz CT molecular complexity index is 1290. The molecule has 3 aromatic rings. The third kappa shape index (κ3) is 6.87. The van der Waals surface area contributed by atoms with Gasteiger partial charge in [0.05, 0.1) is 15.6 Å². The molecule has 10 nitrogen and oxygen atoms in total. The van der Waals surface area contributed by atoms with Gasteiger partial charge in [0.15, 0.2) is 0 Å². The molecule has 0 fully saturated rings. The third-order valence-corrected chi connectivity index (χ3v) is 6.19. The number of carbonyl (C=O) groups is 2. The highest BCUT2D eigenvalue weighted by atomic mass is 32.2. The fourth-order valence-corrected chi connectivity index (χ4v) is 3.95. The molecule has 0 radical (unpaired) electrons. The summed E-state index contributed by atoms with van der Waals surface area (Å²) < 4.78 is 22.6. The highest BCUT2D eigenvalue weighted by Gasteiger charge is 2.11. The van der Waals surface area contributed by atoms with E-state index < -0.39 is 20.9 Å². The number of sulfonamides is 1. The van der Waals surface area contributed by atoms with E-state index in [1.54, 1.807) is 24.3 Å². The minimum Gasteiger partial charge on any atom is -0.325 e. The number of primary sulfonamides is 1. The molecule has 0 atom stereocenters. The van der Waals surface area contributed by atoms with Crippen LogP contribution < -0.4 is 15.8 Å². The molecule has 0 spiro atoms. The van der Waals surface area contributed by atoms with Crippen LogP contribution in [0.25, 0.3) is 0 Å². The van der Waals surface area contributed by atoms with Crippen LogP contribution in [0.2, 0.25) is 0 Å². The maximum atomic E-state index is 12.4. The number of nitrogens with two attached hydrogens (primary N) is 1. The number of rotatable bonds is 8. The molecule has 3 aromatic carbocycles. The predicted molar refractivity (Wildman–Crippen MR) is 125 cm³/mol. The van der Waals surface area contributed by atoms with Gasteiger partial charge in [-0.1, -0.05) is 6.07 Å². The Morgan fingerprint density at radius 3 is 2.21 bits per heavy atom. The Hall–Kier alpha value is -3.74. The number of nitro groups is 1. The molecule has 0 aliphatic heterocycles. The lowest BCUT2D eigenvalue weighted by Gasteiger charge is -2.08. The Morgan fingerprint density at radius 1 is 0.939 bits per heavy atom. The molecule has 0 saturated carbocycles. The number of nitro benzene ring substituents is 1. The van der Waals surface area contributed by atoms with Gasteiger partial charge in [0.25, 0.3) is 11.6 Å². The summed E-state index contributed by atoms with van der Waals surface area (Å²) in [5.74, 6) is -0.645. The van der Waals surface area contributed by atoms with Gasteiger partial charge in [-0.05, 0) is 54.6 Å². The van der Waals surface area contributed by atoms with E-state index in [4.69, 9.17) is 5.14 Å². The zero-order chi connectivity index (χ0) is 24.0. The monoisotopic (exact) mass is 486 g/mol. The van der Waals surface area contributed by atoms with E-state index in [0.29, 0.717) is 11.4 Å². The molecule has 0 heterocycles. The normalized spacial score (nSPS) is 10.9. The standard InChI is InChI=1S/C21H18N4O6S2/c22-33(30,31)19-10-6-15(7-11-19)23-20(26)13-32-18-3-1-2-16(12-18)24-21(27)14-4-8-17(9-5-14)25(28)29/h1-12H,13H2,(H,23,26)(H,24,27)(H2,22,30,31). The first kappa shape index (κ1) is 23.9. The average Bonchev–Trinajstić information content (AvgIpc) is 2.78. The number of anilines is 2. The SMILES string of the molecule is NS(=O)(=O)c1ccc(NC(=O)CSc2cccc(NC(=O)c3ccc([N+](=O)[O-])cc3)c2)cc1. The Morgan fingerprint density at radius 2 is 1.61 bits per heavy atom. The van der Waals surface area contributed by atoms with Crippen molar-refractivity contribution in [2.24, 2.45) is 5.14 Å². The summed E-state index contributed by atoms with van der Waals surface area (Å²) in [4.78, 5) is 35.4. The lowest BCUT2D eigenvalue weighted by Crippen LogP contribution is -2.15. The second-order valence-electron chi connectivity index (χ2n) is 6.69. The van der Waals surface area contributed by atoms with Crippen molar-refractivity contribution in [1.82, 2.24) is 0 Å². The minimum atomic E-state index is -3.80. The molecule has 0 aliphatic carbocycles. The van der Waals surface area contributed by atoms with Crippen LogP contribution in [0.4, 0.5) is 17.1 Å². The number of benzene rings is 3. The molecule has 2 amide bonds. The molecular formula is C21H18N4O6S2. The maximum absolute atomic E-state index is 12.4. The number of non-ortho nitro benzene ring substituents is 1. The van der Waals surface area contributed by atoms with Gasteiger partial charge in [-0.2, -0.15) is 0 Å². The Balaban J connectivity index is 1.55. The molecule has 12 heteroatoms. The van der Waals surface area contributed by atoms with Crippen molar-refractivity contribution in [2.45, 2.75) is 9.79 Å². The highest BCUT2D eigenvalue weighted by molar-refractivity contribution is 8.00. The largest absolute Gasteiger partial charge is 0.325 e. The van der Waals surface area contributed by atoms with E-state index >= 15 is 0 Å². The van der Waals surface area contributed by atoms with Crippen molar-refractivity contribution in [3.05, 3.63) is 88.5 Å². The van der Waals surface area contributed by atoms with Crippen LogP contribution in [0.5, 0.6) is 0 Å². The minimum absolute atomic E-state index is 0.0533. The fraction of sp³-hybridized carbons (Fsp3) is 0.0476. The summed E-state index contributed by atoms with van der Waals surface area (Å²) in [5.41, 5.74) is 1.09. The number of thioether (sulfide) groups is 1. The van der Waals surface area contributed by atoms with Gasteiger partial charge in [-0.15, -0.1) is 11.8 Å². The van der Waals surface area contributed by atoms with Crippen LogP contribution in [-0.4, -0.2) is 30.9 Å². The predicted octanol–water partition coefficient (Wildman–Crippen LogP) is 3.23. The first-order chi connectivity index (χ1) is 15.6. The summed E-state index contributed by atoms with van der Waals surface area (Å²) in [6.07, 6.45) is 0. The van der Waals surface area contributed by atoms with E-state index in [1.165, 1.54) is 60.3 Å². The smallest absolute Gasteiger partial charge is 0.269 e. The topological polar surface area (TPSA) is 162 Å². The van der Waals surface area contributed by atoms with E-state index in [9.17, 15) is 28.1 Å². The summed E-state index contributed by atoms with van der Waals surface area (Å²) in [6.45, 7) is 0. The summed E-state index contributed by atoms with van der Waals surface area (Å²) in [6, 6.07) is 17.6. The average molecular weight is 487 g/mol. The van der Waals surface area contributed by atoms with E-state index in [1.807, 2.05) is 0 Å². The van der Waals surface area contributed by atoms with Crippen LogP contribution >= 0.6 is 11.8 Å². The second-order valence-corrected chi connectivity index (χ2v) is 9.30. The van der Waals surface area contributed by atoms with Crippen LogP contribution in [-0.2, 0) is 14.8 Å². The molecule has 170 valence electrons. The van der Waals surface area contributed by atoms with Crippen LogP contribution in [0.15, 0.2) is 82.6 Å². The molecule has 0 unspecified atom stereocenters. The van der Waals surface area contributed by atoms with Crippen molar-refractivity contribution >= 4 is 50.7 Å². The number of nitrogens with zero attached hydrogens (tertiary/aromatic N) is 1. The Kier molecular flexibility index (Phi) is 7.43. The molecule has 0 bridgehead atoms. The van der Waals surface area contributed by atoms with Gasteiger partial charge in [0, 0.05) is 34.0 Å². The molecule has 4 N–H and O–H groups in total. The zero-order valence-corrected chi connectivity index (χ0v) is 18.6. The van der Waals surface area contributed by atoms with Gasteiger partial charge in [-0.3, -0.25) is 19.7 Å². The summed E-state index contributed by atoms with van der Waals surface area (Å²) in [7, 11) is -3.80. The van der Waals surface area contributed by atoms with Gasteiger partial charge in [0.1, 0.15) is 0 Å². The Labute approximate surface area is 193 Å². The van der Waals surface area contributed by atoms with Crippen LogP contribution in [0.1, 0.15) is 10.4 Å². The molecule has 33 heavy (non-hydrogen) atoms. The van der Waals surface area contributed by atoms with Crippen molar-refractivity contribution < 1.29 is 22.9 Å². The van der Waals surface area contributed by atoms with Gasteiger partial charge in [0.2, 0.25) is 15.9 Å². The zero-order valence-electron chi connectivity index (χ0n) is 16.9. The van der Waals surface area contributed by atoms with Crippen molar-refractivity contribution in [2.75, 3.05) is 16.4 Å². The van der Waals surface area contributed by atoms with Gasteiger partial charge < -0.3 is 10.6 Å². The van der Waals surface area contributed by atoms with Crippen molar-refractivity contribution in [3.8, 4) is 0 Å². The van der Waals surface area contributed by atoms with E-state index in [2.05, 4.69) is 10.6 Å². The lowest BCUT2D eigenvalue weighted by atomic mass is 10.2. The summed E-state index contributed by atoms with van der Waals surface area (Å²) in [5, 5.41) is 21.1. The first-order valence-corrected chi connectivity index (χ1v) is 11.9. The molecule has 0 aliphatic rings. The quantitative estimate of drug-likeness (QED) is 0.250. The van der Waals surface area contributed by atoms with Crippen LogP contribution in [0, 0.1) is 10.1 Å². The van der Waals surface area contributed by atoms with E-state index in [-0.39, 0.29) is 27.8 Å².